The van der Waals surface area contributed by atoms with Gasteiger partial charge < -0.3 is 9.39 Å². The van der Waals surface area contributed by atoms with Crippen LogP contribution in [0.1, 0.15) is 19.3 Å². The second kappa shape index (κ2) is 11.0. The molecule has 1 atom stereocenters. The summed E-state index contributed by atoms with van der Waals surface area (Å²) in [4.78, 5) is 15.2. The Balaban J connectivity index is 3.80. The molecule has 0 amide bonds. The summed E-state index contributed by atoms with van der Waals surface area (Å²) in [7, 11) is 6.12. The summed E-state index contributed by atoms with van der Waals surface area (Å²) in [6, 6.07) is -0.356. The van der Waals surface area contributed by atoms with E-state index >= 15 is 0 Å². The maximum atomic E-state index is 11.4. The van der Waals surface area contributed by atoms with Crippen LogP contribution in [-0.2, 0) is 14.2 Å². The van der Waals surface area contributed by atoms with E-state index in [0.29, 0.717) is 19.5 Å². The van der Waals surface area contributed by atoms with Crippen molar-refractivity contribution in [1.29, 1.82) is 0 Å². The number of aliphatic imine (C=N–C) groups is 1. The lowest BCUT2D eigenvalue weighted by Crippen LogP contribution is -2.37. The van der Waals surface area contributed by atoms with E-state index in [1.165, 1.54) is 13.5 Å². The summed E-state index contributed by atoms with van der Waals surface area (Å²) in [5, 5.41) is 2.93. The first-order chi connectivity index (χ1) is 8.26. The second-order valence-corrected chi connectivity index (χ2v) is 3.30. The van der Waals surface area contributed by atoms with Crippen LogP contribution in [0.15, 0.2) is 4.99 Å². The summed E-state index contributed by atoms with van der Waals surface area (Å²) in [6.07, 6.45) is 8.64. The van der Waals surface area contributed by atoms with Gasteiger partial charge in [-0.05, 0) is 19.3 Å². The summed E-state index contributed by atoms with van der Waals surface area (Å²) in [6.45, 7) is 0.958. The molecule has 0 aliphatic carbocycles. The molecule has 0 saturated carbocycles. The van der Waals surface area contributed by atoms with Crippen LogP contribution in [0.25, 0.3) is 0 Å². The smallest absolute Gasteiger partial charge is 0.375 e. The van der Waals surface area contributed by atoms with E-state index in [4.69, 9.17) is 14.5 Å². The average molecular weight is 236 g/mol. The molecule has 0 unspecified atom stereocenters. The van der Waals surface area contributed by atoms with Gasteiger partial charge in [0.05, 0.1) is 13.7 Å². The Morgan fingerprint density at radius 1 is 1.65 bits per heavy atom. The molecular weight excluding hydrogens is 219 g/mol. The quantitative estimate of drug-likeness (QED) is 0.153. The number of esters is 1. The minimum absolute atomic E-state index is 0.297. The molecule has 6 heteroatoms. The molecule has 0 rings (SSSR count). The predicted molar refractivity (Wildman–Crippen MR) is 66.7 cm³/mol. The highest BCUT2D eigenvalue weighted by atomic mass is 16.5. The Hall–Kier alpha value is -1.48. The first kappa shape index (κ1) is 15.5. The van der Waals surface area contributed by atoms with Crippen LogP contribution in [0.3, 0.4) is 0 Å². The number of methoxy groups -OCH3 is 1. The molecule has 0 heterocycles. The second-order valence-electron chi connectivity index (χ2n) is 3.30. The third-order valence-corrected chi connectivity index (χ3v) is 2.10. The number of unbranched alkanes of at least 4 members (excludes halogenated alkanes) is 1. The van der Waals surface area contributed by atoms with Crippen LogP contribution in [0, 0.1) is 12.3 Å². The van der Waals surface area contributed by atoms with Gasteiger partial charge in [-0.1, -0.05) is 5.92 Å². The van der Waals surface area contributed by atoms with Crippen LogP contribution in [-0.4, -0.2) is 46.7 Å². The van der Waals surface area contributed by atoms with Gasteiger partial charge in [-0.15, -0.1) is 6.42 Å². The number of rotatable bonds is 9. The minimum Gasteiger partial charge on any atom is -0.560 e. The number of ether oxygens (including phenoxy) is 1. The van der Waals surface area contributed by atoms with Crippen LogP contribution in [0.5, 0.6) is 0 Å². The topological polar surface area (TPSA) is 59.9 Å². The largest absolute Gasteiger partial charge is 0.560 e. The fraction of sp³-hybridized carbons (Fsp3) is 0.636. The van der Waals surface area contributed by atoms with E-state index in [9.17, 15) is 4.79 Å². The number of hydrogen-bond acceptors (Lipinski definition) is 5. The van der Waals surface area contributed by atoms with Crippen molar-refractivity contribution in [2.75, 3.05) is 20.2 Å². The predicted octanol–water partition coefficient (Wildman–Crippen LogP) is 0.0495. The van der Waals surface area contributed by atoms with Crippen molar-refractivity contribution in [2.45, 2.75) is 25.3 Å². The summed E-state index contributed by atoms with van der Waals surface area (Å²) in [5.41, 5.74) is 0. The van der Waals surface area contributed by atoms with Crippen LogP contribution < -0.4 is 5.32 Å². The molecule has 0 aliphatic heterocycles. The molecule has 0 aromatic carbocycles. The van der Waals surface area contributed by atoms with E-state index in [2.05, 4.69) is 25.6 Å². The van der Waals surface area contributed by atoms with Crippen molar-refractivity contribution in [3.8, 4) is 12.3 Å². The summed E-state index contributed by atoms with van der Waals surface area (Å²) >= 11 is 0. The third-order valence-electron chi connectivity index (χ3n) is 2.10. The zero-order valence-corrected chi connectivity index (χ0v) is 10.0. The Kier molecular flexibility index (Phi) is 10.1. The molecule has 0 spiro atoms. The van der Waals surface area contributed by atoms with Crippen LogP contribution in [0.2, 0.25) is 0 Å². The van der Waals surface area contributed by atoms with E-state index in [-0.39, 0.29) is 12.0 Å². The van der Waals surface area contributed by atoms with Gasteiger partial charge in [0.2, 0.25) is 0 Å². The summed E-state index contributed by atoms with van der Waals surface area (Å²) < 4.78 is 8.85. The monoisotopic (exact) mass is 236 g/mol. The van der Waals surface area contributed by atoms with Gasteiger partial charge in [0.25, 0.3) is 0 Å². The van der Waals surface area contributed by atoms with Crippen molar-refractivity contribution >= 4 is 20.4 Å². The molecular formula is C11H17BN2O3. The van der Waals surface area contributed by atoms with Gasteiger partial charge in [-0.2, -0.15) is 0 Å². The van der Waals surface area contributed by atoms with Crippen molar-refractivity contribution in [1.82, 2.24) is 5.32 Å². The third kappa shape index (κ3) is 8.34. The van der Waals surface area contributed by atoms with E-state index in [1.54, 1.807) is 0 Å². The molecule has 0 aromatic rings. The first-order valence-electron chi connectivity index (χ1n) is 5.34. The molecule has 1 N–H and O–H groups in total. The van der Waals surface area contributed by atoms with Crippen LogP contribution in [0.4, 0.5) is 0 Å². The molecule has 0 fully saturated rings. The number of nitrogens with one attached hydrogen (secondary N) is 1. The van der Waals surface area contributed by atoms with Crippen molar-refractivity contribution in [3.05, 3.63) is 0 Å². The van der Waals surface area contributed by atoms with E-state index in [0.717, 1.165) is 12.8 Å². The van der Waals surface area contributed by atoms with E-state index < -0.39 is 0 Å². The highest BCUT2D eigenvalue weighted by molar-refractivity contribution is 6.02. The van der Waals surface area contributed by atoms with E-state index in [1.807, 2.05) is 0 Å². The number of nitrogens with zero attached hydrogens (tertiary/aromatic N) is 1. The first-order valence-corrected chi connectivity index (χ1v) is 5.34. The number of hydrogen-bond donors (Lipinski definition) is 1. The Morgan fingerprint density at radius 2 is 2.41 bits per heavy atom. The fourth-order valence-corrected chi connectivity index (χ4v) is 1.27. The Bertz CT molecular complexity index is 276. The SMILES string of the molecule is [B]OC=NCCCC[C@@H](NCC#C)C(=O)OC. The standard InChI is InChI=1S/C11H17BN2O3/c1-3-7-14-10(11(15)16-2)6-4-5-8-13-9-17-12/h1,9-10,14H,4-8H2,2H3/t10-/m1/s1. The normalized spacial score (nSPS) is 12.0. The van der Waals surface area contributed by atoms with Gasteiger partial charge in [0.15, 0.2) is 0 Å². The lowest BCUT2D eigenvalue weighted by molar-refractivity contribution is -0.143. The molecule has 5 nitrogen and oxygen atoms in total. The molecule has 17 heavy (non-hydrogen) atoms. The lowest BCUT2D eigenvalue weighted by atomic mass is 10.1. The molecule has 0 saturated heterocycles. The van der Waals surface area contributed by atoms with Crippen molar-refractivity contribution < 1.29 is 14.2 Å². The van der Waals surface area contributed by atoms with Crippen LogP contribution >= 0.6 is 0 Å². The highest BCUT2D eigenvalue weighted by Crippen LogP contribution is 2.03. The van der Waals surface area contributed by atoms with Crippen molar-refractivity contribution in [2.24, 2.45) is 4.99 Å². The zero-order chi connectivity index (χ0) is 12.9. The molecule has 2 radical (unpaired) electrons. The lowest BCUT2D eigenvalue weighted by Gasteiger charge is -2.14. The Morgan fingerprint density at radius 3 is 3.00 bits per heavy atom. The maximum absolute atomic E-state index is 11.4. The minimum atomic E-state index is -0.356. The fourth-order valence-electron chi connectivity index (χ4n) is 1.27. The molecule has 0 aromatic heterocycles. The number of terminal acetylenes is 1. The van der Waals surface area contributed by atoms with Gasteiger partial charge in [-0.3, -0.25) is 15.1 Å². The highest BCUT2D eigenvalue weighted by Gasteiger charge is 2.16. The van der Waals surface area contributed by atoms with Gasteiger partial charge in [0.1, 0.15) is 12.4 Å². The zero-order valence-electron chi connectivity index (χ0n) is 10.0. The maximum Gasteiger partial charge on any atom is 0.375 e. The number of carbonyl (C=O) groups excluding carboxylic acids is 1. The van der Waals surface area contributed by atoms with Crippen molar-refractivity contribution in [3.63, 3.8) is 0 Å². The van der Waals surface area contributed by atoms with Gasteiger partial charge in [0, 0.05) is 6.54 Å². The molecule has 0 bridgehead atoms. The molecule has 0 aliphatic rings. The summed E-state index contributed by atoms with van der Waals surface area (Å²) in [5.74, 6) is 2.13. The average Bonchev–Trinajstić information content (AvgIpc) is 2.36. The van der Waals surface area contributed by atoms with Gasteiger partial charge >= 0.3 is 14.0 Å². The number of carbonyl (C=O) groups is 1. The Labute approximate surface area is 103 Å². The molecule has 92 valence electrons. The van der Waals surface area contributed by atoms with Gasteiger partial charge in [-0.25, -0.2) is 0 Å².